The Labute approximate surface area is 205 Å². The van der Waals surface area contributed by atoms with E-state index in [4.69, 9.17) is 11.6 Å². The third kappa shape index (κ3) is 5.36. The van der Waals surface area contributed by atoms with Crippen LogP contribution in [0.25, 0.3) is 0 Å². The van der Waals surface area contributed by atoms with Crippen molar-refractivity contribution in [3.63, 3.8) is 0 Å². The van der Waals surface area contributed by atoms with E-state index in [2.05, 4.69) is 28.5 Å². The number of anilines is 2. The summed E-state index contributed by atoms with van der Waals surface area (Å²) in [6.45, 7) is 4.43. The third-order valence-electron chi connectivity index (χ3n) is 6.88. The lowest BCUT2D eigenvalue weighted by Gasteiger charge is -2.34. The molecule has 6 nitrogen and oxygen atoms in total. The second kappa shape index (κ2) is 10.3. The van der Waals surface area contributed by atoms with E-state index in [1.165, 1.54) is 12.1 Å². The average molecular weight is 487 g/mol. The number of benzene rings is 2. The maximum Gasteiger partial charge on any atom is 0.254 e. The van der Waals surface area contributed by atoms with E-state index < -0.39 is 5.82 Å². The second-order valence-corrected chi connectivity index (χ2v) is 10.0. The highest BCUT2D eigenvalue weighted by Crippen LogP contribution is 2.36. The summed E-state index contributed by atoms with van der Waals surface area (Å²) >= 11 is 5.72. The van der Waals surface area contributed by atoms with Crippen LogP contribution < -0.4 is 10.6 Å². The van der Waals surface area contributed by atoms with Crippen molar-refractivity contribution in [2.45, 2.75) is 45.2 Å². The van der Waals surface area contributed by atoms with Crippen molar-refractivity contribution < 1.29 is 14.0 Å². The van der Waals surface area contributed by atoms with Crippen LogP contribution in [0.2, 0.25) is 5.02 Å². The smallest absolute Gasteiger partial charge is 0.254 e. The van der Waals surface area contributed by atoms with E-state index in [1.807, 2.05) is 25.1 Å². The first-order valence-corrected chi connectivity index (χ1v) is 12.2. The molecular weight excluding hydrogens is 455 g/mol. The summed E-state index contributed by atoms with van der Waals surface area (Å²) in [4.78, 5) is 30.0. The second-order valence-electron chi connectivity index (χ2n) is 9.61. The fourth-order valence-corrected chi connectivity index (χ4v) is 5.02. The summed E-state index contributed by atoms with van der Waals surface area (Å²) in [6.07, 6.45) is 2.95. The largest absolute Gasteiger partial charge is 0.384 e. The molecule has 0 unspecified atom stereocenters. The van der Waals surface area contributed by atoms with E-state index in [0.717, 1.165) is 48.3 Å². The Balaban J connectivity index is 1.34. The summed E-state index contributed by atoms with van der Waals surface area (Å²) in [7, 11) is 4.07. The summed E-state index contributed by atoms with van der Waals surface area (Å²) in [5.41, 5.74) is 4.41. The van der Waals surface area contributed by atoms with Crippen molar-refractivity contribution in [2.24, 2.45) is 5.92 Å². The van der Waals surface area contributed by atoms with E-state index in [-0.39, 0.29) is 28.8 Å². The van der Waals surface area contributed by atoms with Gasteiger partial charge in [-0.3, -0.25) is 9.59 Å². The molecule has 1 aliphatic carbocycles. The van der Waals surface area contributed by atoms with Crippen LogP contribution in [0.1, 0.15) is 47.2 Å². The topological polar surface area (TPSA) is 64.7 Å². The number of amides is 2. The zero-order valence-corrected chi connectivity index (χ0v) is 20.7. The molecule has 2 aliphatic rings. The maximum atomic E-state index is 13.7. The van der Waals surface area contributed by atoms with Gasteiger partial charge in [0.05, 0.1) is 5.02 Å². The number of nitrogens with zero attached hydrogens (tertiary/aromatic N) is 2. The number of carbonyl (C=O) groups excluding carboxylic acids is 2. The monoisotopic (exact) mass is 486 g/mol. The molecule has 1 fully saturated rings. The lowest BCUT2D eigenvalue weighted by molar-refractivity contribution is -0.121. The molecule has 1 saturated carbocycles. The average Bonchev–Trinajstić information content (AvgIpc) is 3.13. The van der Waals surface area contributed by atoms with Crippen molar-refractivity contribution >= 4 is 34.8 Å². The molecule has 1 heterocycles. The quantitative estimate of drug-likeness (QED) is 0.583. The minimum atomic E-state index is -0.554. The molecule has 0 aromatic heterocycles. The van der Waals surface area contributed by atoms with Crippen LogP contribution in [0.5, 0.6) is 0 Å². The molecule has 0 saturated heterocycles. The van der Waals surface area contributed by atoms with Gasteiger partial charge in [-0.25, -0.2) is 4.39 Å². The molecule has 0 spiro atoms. The van der Waals surface area contributed by atoms with Crippen LogP contribution in [0, 0.1) is 18.7 Å². The van der Waals surface area contributed by atoms with Gasteiger partial charge in [0.15, 0.2) is 0 Å². The first-order valence-electron chi connectivity index (χ1n) is 11.8. The van der Waals surface area contributed by atoms with Gasteiger partial charge >= 0.3 is 0 Å². The molecule has 1 aliphatic heterocycles. The van der Waals surface area contributed by atoms with Crippen LogP contribution in [-0.2, 0) is 11.3 Å². The standard InChI is InChI=1S/C26H32ClFN4O2/c1-16-12-19(29-10-11-31(2)3)13-21-22(16)15-32(26(21)34)20-7-4-17(5-8-20)25(33)30-18-6-9-23(27)24(28)14-18/h6,9,12-14,17,20,29H,4-5,7-8,10-11,15H2,1-3H3,(H,30,33). The first-order chi connectivity index (χ1) is 16.2. The fourth-order valence-electron chi connectivity index (χ4n) is 4.90. The van der Waals surface area contributed by atoms with Gasteiger partial charge in [0.25, 0.3) is 5.91 Å². The van der Waals surface area contributed by atoms with Gasteiger partial charge in [0.1, 0.15) is 5.82 Å². The van der Waals surface area contributed by atoms with Crippen LogP contribution in [0.4, 0.5) is 15.8 Å². The molecule has 0 atom stereocenters. The Morgan fingerprint density at radius 3 is 2.56 bits per heavy atom. The third-order valence-corrected chi connectivity index (χ3v) is 7.18. The van der Waals surface area contributed by atoms with Gasteiger partial charge < -0.3 is 20.4 Å². The number of nitrogens with one attached hydrogen (secondary N) is 2. The normalized spacial score (nSPS) is 19.9. The first kappa shape index (κ1) is 24.5. The zero-order chi connectivity index (χ0) is 24.4. The Kier molecular flexibility index (Phi) is 7.43. The zero-order valence-electron chi connectivity index (χ0n) is 20.0. The van der Waals surface area contributed by atoms with Gasteiger partial charge in [-0.2, -0.15) is 0 Å². The van der Waals surface area contributed by atoms with E-state index in [9.17, 15) is 14.0 Å². The highest BCUT2D eigenvalue weighted by molar-refractivity contribution is 6.30. The summed E-state index contributed by atoms with van der Waals surface area (Å²) in [5.74, 6) is -0.731. The van der Waals surface area contributed by atoms with Crippen molar-refractivity contribution in [1.29, 1.82) is 0 Å². The van der Waals surface area contributed by atoms with Gasteiger partial charge in [0, 0.05) is 48.5 Å². The van der Waals surface area contributed by atoms with Crippen LogP contribution in [0.15, 0.2) is 30.3 Å². The van der Waals surface area contributed by atoms with E-state index >= 15 is 0 Å². The van der Waals surface area contributed by atoms with Gasteiger partial charge in [-0.15, -0.1) is 0 Å². The molecule has 2 N–H and O–H groups in total. The maximum absolute atomic E-state index is 13.7. The van der Waals surface area contributed by atoms with Crippen molar-refractivity contribution in [3.05, 3.63) is 57.9 Å². The summed E-state index contributed by atoms with van der Waals surface area (Å²) in [6, 6.07) is 8.49. The number of hydrogen-bond acceptors (Lipinski definition) is 4. The highest BCUT2D eigenvalue weighted by Gasteiger charge is 2.37. The number of carbonyl (C=O) groups is 2. The van der Waals surface area contributed by atoms with Gasteiger partial charge in [-0.1, -0.05) is 11.6 Å². The SMILES string of the molecule is Cc1cc(NCCN(C)C)cc2c1CN(C1CCC(C(=O)Nc3ccc(Cl)c(F)c3)CC1)C2=O. The van der Waals surface area contributed by atoms with Gasteiger partial charge in [-0.05, 0) is 88.2 Å². The predicted molar refractivity (Wildman–Crippen MR) is 134 cm³/mol. The van der Waals surface area contributed by atoms with Crippen LogP contribution in [0.3, 0.4) is 0 Å². The molecule has 182 valence electrons. The molecule has 0 bridgehead atoms. The molecule has 4 rings (SSSR count). The molecule has 34 heavy (non-hydrogen) atoms. The molecule has 0 radical (unpaired) electrons. The number of fused-ring (bicyclic) bond motifs is 1. The molecule has 2 amide bonds. The number of hydrogen-bond donors (Lipinski definition) is 2. The minimum Gasteiger partial charge on any atom is -0.384 e. The molecular formula is C26H32ClFN4O2. The predicted octanol–water partition coefficient (Wildman–Crippen LogP) is 4.91. The Bertz CT molecular complexity index is 1080. The number of rotatable bonds is 7. The number of aryl methyl sites for hydroxylation is 1. The number of halogens is 2. The summed E-state index contributed by atoms with van der Waals surface area (Å²) < 4.78 is 13.7. The lowest BCUT2D eigenvalue weighted by atomic mass is 9.84. The van der Waals surface area contributed by atoms with E-state index in [0.29, 0.717) is 25.1 Å². The Morgan fingerprint density at radius 2 is 1.88 bits per heavy atom. The lowest BCUT2D eigenvalue weighted by Crippen LogP contribution is -2.40. The van der Waals surface area contributed by atoms with Crippen LogP contribution >= 0.6 is 11.6 Å². The molecule has 2 aromatic carbocycles. The Hall–Kier alpha value is -2.64. The Morgan fingerprint density at radius 1 is 1.15 bits per heavy atom. The number of likely N-dealkylation sites (N-methyl/N-ethyl adjacent to an activating group) is 1. The van der Waals surface area contributed by atoms with Crippen molar-refractivity contribution in [2.75, 3.05) is 37.8 Å². The highest BCUT2D eigenvalue weighted by atomic mass is 35.5. The summed E-state index contributed by atoms with van der Waals surface area (Å²) in [5, 5.41) is 6.24. The van der Waals surface area contributed by atoms with Crippen molar-refractivity contribution in [3.8, 4) is 0 Å². The fraction of sp³-hybridized carbons (Fsp3) is 0.462. The van der Waals surface area contributed by atoms with Crippen molar-refractivity contribution in [1.82, 2.24) is 9.80 Å². The van der Waals surface area contributed by atoms with E-state index in [1.54, 1.807) is 6.07 Å². The molecule has 8 heteroatoms. The van der Waals surface area contributed by atoms with Gasteiger partial charge in [0.2, 0.25) is 5.91 Å². The molecule has 2 aromatic rings. The minimum absolute atomic E-state index is 0.0292. The van der Waals surface area contributed by atoms with Crippen LogP contribution in [-0.4, -0.2) is 54.8 Å².